The van der Waals surface area contributed by atoms with Gasteiger partial charge in [-0.1, -0.05) is 29.3 Å². The second kappa shape index (κ2) is 5.95. The Kier molecular flexibility index (Phi) is 4.88. The maximum atomic E-state index is 11.1. The third-order valence-electron chi connectivity index (χ3n) is 1.86. The van der Waals surface area contributed by atoms with Crippen LogP contribution in [-0.2, 0) is 11.3 Å². The molecule has 5 heteroatoms. The molecular formula is C10H12Cl2N2O. The third kappa shape index (κ3) is 4.08. The van der Waals surface area contributed by atoms with E-state index in [1.165, 1.54) is 0 Å². The summed E-state index contributed by atoms with van der Waals surface area (Å²) in [6.07, 6.45) is 0.325. The molecule has 3 N–H and O–H groups in total. The number of halogens is 2. The summed E-state index contributed by atoms with van der Waals surface area (Å²) in [5.41, 5.74) is 6.08. The molecule has 1 aromatic rings. The van der Waals surface area contributed by atoms with Crippen molar-refractivity contribution in [2.75, 3.05) is 6.54 Å². The maximum Gasteiger partial charge on any atom is 0.221 e. The number of rotatable bonds is 4. The lowest BCUT2D eigenvalue weighted by Crippen LogP contribution is -2.25. The van der Waals surface area contributed by atoms with E-state index < -0.39 is 0 Å². The highest BCUT2D eigenvalue weighted by molar-refractivity contribution is 6.35. The van der Waals surface area contributed by atoms with E-state index in [4.69, 9.17) is 28.9 Å². The standard InChI is InChI=1S/C10H12Cl2N2O/c11-8-2-1-7(9(12)5-8)6-14-10(15)3-4-13/h1-2,5H,3-4,6,13H2,(H,14,15). The van der Waals surface area contributed by atoms with Crippen LogP contribution < -0.4 is 11.1 Å². The zero-order valence-corrected chi connectivity index (χ0v) is 9.61. The number of carbonyl (C=O) groups excluding carboxylic acids is 1. The molecule has 0 aliphatic carbocycles. The van der Waals surface area contributed by atoms with Gasteiger partial charge in [-0.05, 0) is 17.7 Å². The fourth-order valence-corrected chi connectivity index (χ4v) is 1.55. The Bertz CT molecular complexity index is 355. The van der Waals surface area contributed by atoms with Crippen molar-refractivity contribution in [1.29, 1.82) is 0 Å². The molecule has 1 amide bonds. The van der Waals surface area contributed by atoms with Crippen molar-refractivity contribution in [2.45, 2.75) is 13.0 Å². The highest BCUT2D eigenvalue weighted by atomic mass is 35.5. The summed E-state index contributed by atoms with van der Waals surface area (Å²) in [4.78, 5) is 11.1. The molecule has 0 bridgehead atoms. The van der Waals surface area contributed by atoms with E-state index in [0.29, 0.717) is 29.6 Å². The monoisotopic (exact) mass is 246 g/mol. The number of nitrogens with one attached hydrogen (secondary N) is 1. The average Bonchev–Trinajstić information content (AvgIpc) is 2.17. The summed E-state index contributed by atoms with van der Waals surface area (Å²) in [5.74, 6) is -0.0801. The van der Waals surface area contributed by atoms with E-state index in [1.54, 1.807) is 18.2 Å². The van der Waals surface area contributed by atoms with Gasteiger partial charge >= 0.3 is 0 Å². The van der Waals surface area contributed by atoms with Crippen LogP contribution in [0.25, 0.3) is 0 Å². The SMILES string of the molecule is NCCC(=O)NCc1ccc(Cl)cc1Cl. The molecule has 0 aromatic heterocycles. The summed E-state index contributed by atoms with van der Waals surface area (Å²) in [6, 6.07) is 5.17. The van der Waals surface area contributed by atoms with Crippen molar-refractivity contribution in [3.8, 4) is 0 Å². The van der Waals surface area contributed by atoms with Gasteiger partial charge in [-0.3, -0.25) is 4.79 Å². The van der Waals surface area contributed by atoms with Crippen molar-refractivity contribution in [3.63, 3.8) is 0 Å². The Morgan fingerprint density at radius 3 is 2.73 bits per heavy atom. The normalized spacial score (nSPS) is 10.1. The van der Waals surface area contributed by atoms with Gasteiger partial charge in [-0.25, -0.2) is 0 Å². The molecule has 0 aliphatic heterocycles. The smallest absolute Gasteiger partial charge is 0.221 e. The van der Waals surface area contributed by atoms with Crippen LogP contribution in [0.15, 0.2) is 18.2 Å². The summed E-state index contributed by atoms with van der Waals surface area (Å²) in [6.45, 7) is 0.745. The lowest BCUT2D eigenvalue weighted by molar-refractivity contribution is -0.121. The van der Waals surface area contributed by atoms with E-state index in [2.05, 4.69) is 5.32 Å². The van der Waals surface area contributed by atoms with Crippen LogP contribution >= 0.6 is 23.2 Å². The largest absolute Gasteiger partial charge is 0.352 e. The molecule has 0 fully saturated rings. The molecule has 0 heterocycles. The Morgan fingerprint density at radius 2 is 2.13 bits per heavy atom. The second-order valence-corrected chi connectivity index (χ2v) is 3.89. The predicted octanol–water partition coefficient (Wildman–Crippen LogP) is 1.96. The Labute approximate surface area is 98.5 Å². The van der Waals surface area contributed by atoms with Gasteiger partial charge in [0.1, 0.15) is 0 Å². The predicted molar refractivity (Wildman–Crippen MR) is 62.0 cm³/mol. The van der Waals surface area contributed by atoms with E-state index >= 15 is 0 Å². The van der Waals surface area contributed by atoms with Gasteiger partial charge < -0.3 is 11.1 Å². The first kappa shape index (κ1) is 12.3. The topological polar surface area (TPSA) is 55.1 Å². The Hall–Kier alpha value is -0.770. The minimum Gasteiger partial charge on any atom is -0.352 e. The molecule has 3 nitrogen and oxygen atoms in total. The zero-order valence-electron chi connectivity index (χ0n) is 8.09. The van der Waals surface area contributed by atoms with Crippen LogP contribution in [0.3, 0.4) is 0 Å². The maximum absolute atomic E-state index is 11.1. The number of carbonyl (C=O) groups is 1. The second-order valence-electron chi connectivity index (χ2n) is 3.05. The molecule has 0 radical (unpaired) electrons. The Morgan fingerprint density at radius 1 is 1.40 bits per heavy atom. The van der Waals surface area contributed by atoms with Crippen LogP contribution in [0, 0.1) is 0 Å². The minimum atomic E-state index is -0.0801. The summed E-state index contributed by atoms with van der Waals surface area (Å²) in [5, 5.41) is 3.85. The number of hydrogen-bond donors (Lipinski definition) is 2. The number of hydrogen-bond acceptors (Lipinski definition) is 2. The van der Waals surface area contributed by atoms with Crippen LogP contribution in [0.4, 0.5) is 0 Å². The highest BCUT2D eigenvalue weighted by Gasteiger charge is 2.03. The number of nitrogens with two attached hydrogens (primary N) is 1. The van der Waals surface area contributed by atoms with Gasteiger partial charge in [0.25, 0.3) is 0 Å². The first-order valence-corrected chi connectivity index (χ1v) is 5.29. The molecule has 1 aromatic carbocycles. The number of amides is 1. The van der Waals surface area contributed by atoms with Crippen LogP contribution in [0.2, 0.25) is 10.0 Å². The molecule has 0 aliphatic rings. The fraction of sp³-hybridized carbons (Fsp3) is 0.300. The first-order valence-electron chi connectivity index (χ1n) is 4.54. The quantitative estimate of drug-likeness (QED) is 0.854. The molecule has 1 rings (SSSR count). The van der Waals surface area contributed by atoms with Gasteiger partial charge in [0.05, 0.1) is 0 Å². The van der Waals surface area contributed by atoms with Crippen molar-refractivity contribution >= 4 is 29.1 Å². The van der Waals surface area contributed by atoms with Crippen molar-refractivity contribution in [2.24, 2.45) is 5.73 Å². The van der Waals surface area contributed by atoms with E-state index in [0.717, 1.165) is 5.56 Å². The summed E-state index contributed by atoms with van der Waals surface area (Å²) < 4.78 is 0. The van der Waals surface area contributed by atoms with E-state index in [1.807, 2.05) is 0 Å². The van der Waals surface area contributed by atoms with E-state index in [-0.39, 0.29) is 5.91 Å². The molecule has 0 unspecified atom stereocenters. The highest BCUT2D eigenvalue weighted by Crippen LogP contribution is 2.20. The number of benzene rings is 1. The molecule has 0 spiro atoms. The van der Waals surface area contributed by atoms with Crippen molar-refractivity contribution < 1.29 is 4.79 Å². The molecule has 15 heavy (non-hydrogen) atoms. The van der Waals surface area contributed by atoms with Gasteiger partial charge in [0.15, 0.2) is 0 Å². The van der Waals surface area contributed by atoms with Gasteiger partial charge in [-0.2, -0.15) is 0 Å². The third-order valence-corrected chi connectivity index (χ3v) is 2.45. The van der Waals surface area contributed by atoms with Crippen LogP contribution in [0.5, 0.6) is 0 Å². The molecule has 82 valence electrons. The zero-order chi connectivity index (χ0) is 11.3. The first-order chi connectivity index (χ1) is 7.13. The van der Waals surface area contributed by atoms with E-state index in [9.17, 15) is 4.79 Å². The lowest BCUT2D eigenvalue weighted by Gasteiger charge is -2.06. The molecule has 0 saturated carbocycles. The van der Waals surface area contributed by atoms with Crippen molar-refractivity contribution in [1.82, 2.24) is 5.32 Å². The lowest BCUT2D eigenvalue weighted by atomic mass is 10.2. The van der Waals surface area contributed by atoms with Crippen LogP contribution in [-0.4, -0.2) is 12.5 Å². The summed E-state index contributed by atoms with van der Waals surface area (Å²) >= 11 is 11.7. The molecular weight excluding hydrogens is 235 g/mol. The van der Waals surface area contributed by atoms with Crippen LogP contribution in [0.1, 0.15) is 12.0 Å². The summed E-state index contributed by atoms with van der Waals surface area (Å²) in [7, 11) is 0. The van der Waals surface area contributed by atoms with Gasteiger partial charge in [0.2, 0.25) is 5.91 Å². The Balaban J connectivity index is 2.54. The fourth-order valence-electron chi connectivity index (χ4n) is 1.08. The average molecular weight is 247 g/mol. The molecule has 0 atom stereocenters. The molecule has 0 saturated heterocycles. The minimum absolute atomic E-state index is 0.0801. The van der Waals surface area contributed by atoms with Crippen molar-refractivity contribution in [3.05, 3.63) is 33.8 Å². The van der Waals surface area contributed by atoms with Gasteiger partial charge in [-0.15, -0.1) is 0 Å². The van der Waals surface area contributed by atoms with Gasteiger partial charge in [0, 0.05) is 29.6 Å².